The molecule has 4 heteroatoms. The third-order valence-electron chi connectivity index (χ3n) is 6.05. The first-order valence-electron chi connectivity index (χ1n) is 10.5. The lowest BCUT2D eigenvalue weighted by atomic mass is 9.93. The highest BCUT2D eigenvalue weighted by Gasteiger charge is 2.38. The molecule has 27 heavy (non-hydrogen) atoms. The van der Waals surface area contributed by atoms with Crippen molar-refractivity contribution in [3.63, 3.8) is 0 Å². The first-order chi connectivity index (χ1) is 12.8. The smallest absolute Gasteiger partial charge is 0.228 e. The van der Waals surface area contributed by atoms with Gasteiger partial charge >= 0.3 is 0 Å². The summed E-state index contributed by atoms with van der Waals surface area (Å²) in [6, 6.07) is 6.20. The van der Waals surface area contributed by atoms with Crippen molar-refractivity contribution in [2.75, 3.05) is 32.7 Å². The lowest BCUT2D eigenvalue weighted by molar-refractivity contribution is -0.925. The van der Waals surface area contributed by atoms with Crippen LogP contribution in [0.2, 0.25) is 0 Å². The zero-order valence-corrected chi connectivity index (χ0v) is 17.8. The van der Waals surface area contributed by atoms with E-state index in [4.69, 9.17) is 0 Å². The standard InChI is InChI=1S/C23H36N2O2/c1-6-25(12-8-11-20(15-25)23(27)24-14-17(2)3)16-21(26)13-22-18(4)9-7-10-19(22)5/h7,9-10,17,20H,6,8,11-16H2,1-5H3/p+1. The lowest BCUT2D eigenvalue weighted by Gasteiger charge is -2.43. The van der Waals surface area contributed by atoms with E-state index < -0.39 is 0 Å². The summed E-state index contributed by atoms with van der Waals surface area (Å²) in [7, 11) is 0. The second kappa shape index (κ2) is 9.50. The molecule has 0 spiro atoms. The van der Waals surface area contributed by atoms with Gasteiger partial charge in [-0.3, -0.25) is 9.59 Å². The van der Waals surface area contributed by atoms with Gasteiger partial charge in [0.05, 0.1) is 25.6 Å². The van der Waals surface area contributed by atoms with Crippen LogP contribution in [0.5, 0.6) is 0 Å². The number of amides is 1. The van der Waals surface area contributed by atoms with Crippen LogP contribution in [0.3, 0.4) is 0 Å². The van der Waals surface area contributed by atoms with Crippen molar-refractivity contribution in [2.24, 2.45) is 11.8 Å². The fourth-order valence-electron chi connectivity index (χ4n) is 4.28. The van der Waals surface area contributed by atoms with Gasteiger partial charge in [0, 0.05) is 13.0 Å². The molecule has 1 fully saturated rings. The van der Waals surface area contributed by atoms with Crippen LogP contribution >= 0.6 is 0 Å². The number of carbonyl (C=O) groups excluding carboxylic acids is 2. The maximum Gasteiger partial charge on any atom is 0.228 e. The molecule has 4 nitrogen and oxygen atoms in total. The third kappa shape index (κ3) is 5.90. The van der Waals surface area contributed by atoms with Gasteiger partial charge in [0.25, 0.3) is 0 Å². The number of nitrogens with one attached hydrogen (secondary N) is 1. The molecule has 150 valence electrons. The fraction of sp³-hybridized carbons (Fsp3) is 0.652. The second-order valence-corrected chi connectivity index (χ2v) is 8.79. The number of benzene rings is 1. The monoisotopic (exact) mass is 373 g/mol. The Morgan fingerprint density at radius 1 is 1.22 bits per heavy atom. The van der Waals surface area contributed by atoms with Crippen molar-refractivity contribution in [2.45, 2.75) is 53.9 Å². The van der Waals surface area contributed by atoms with E-state index in [9.17, 15) is 9.59 Å². The van der Waals surface area contributed by atoms with E-state index in [0.717, 1.165) is 43.5 Å². The number of nitrogens with zero attached hydrogens (tertiary/aromatic N) is 1. The van der Waals surface area contributed by atoms with Crippen molar-refractivity contribution >= 4 is 11.7 Å². The number of hydrogen-bond donors (Lipinski definition) is 1. The minimum Gasteiger partial charge on any atom is -0.355 e. The summed E-state index contributed by atoms with van der Waals surface area (Å²) < 4.78 is 0.753. The van der Waals surface area contributed by atoms with Gasteiger partial charge in [-0.05, 0) is 56.2 Å². The molecule has 1 saturated heterocycles. The molecule has 0 radical (unpaired) electrons. The van der Waals surface area contributed by atoms with Gasteiger partial charge in [-0.2, -0.15) is 0 Å². The Morgan fingerprint density at radius 2 is 1.89 bits per heavy atom. The van der Waals surface area contributed by atoms with Crippen LogP contribution in [0.1, 0.15) is 50.3 Å². The summed E-state index contributed by atoms with van der Waals surface area (Å²) in [4.78, 5) is 25.5. The zero-order valence-electron chi connectivity index (χ0n) is 17.8. The van der Waals surface area contributed by atoms with E-state index in [2.05, 4.69) is 52.1 Å². The summed E-state index contributed by atoms with van der Waals surface area (Å²) in [5, 5.41) is 3.09. The van der Waals surface area contributed by atoms with Gasteiger partial charge in [-0.1, -0.05) is 32.0 Å². The molecule has 1 aliphatic rings. The minimum atomic E-state index is 0.0328. The average molecular weight is 374 g/mol. The SMILES string of the molecule is CC[N+]1(CC(=O)Cc2c(C)cccc2C)CCCC(C(=O)NCC(C)C)C1. The summed E-state index contributed by atoms with van der Waals surface area (Å²) in [6.07, 6.45) is 2.46. The maximum absolute atomic E-state index is 12.9. The van der Waals surface area contributed by atoms with Gasteiger partial charge in [0.1, 0.15) is 6.54 Å². The third-order valence-corrected chi connectivity index (χ3v) is 6.05. The predicted molar refractivity (Wildman–Crippen MR) is 111 cm³/mol. The van der Waals surface area contributed by atoms with Crippen LogP contribution < -0.4 is 5.32 Å². The highest BCUT2D eigenvalue weighted by molar-refractivity contribution is 5.83. The Labute approximate surface area is 164 Å². The Morgan fingerprint density at radius 3 is 2.48 bits per heavy atom. The number of likely N-dealkylation sites (tertiary alicyclic amines) is 1. The average Bonchev–Trinajstić information content (AvgIpc) is 2.63. The van der Waals surface area contributed by atoms with Gasteiger partial charge < -0.3 is 9.80 Å². The van der Waals surface area contributed by atoms with E-state index in [-0.39, 0.29) is 17.6 Å². The quantitative estimate of drug-likeness (QED) is 0.710. The molecule has 0 aliphatic carbocycles. The highest BCUT2D eigenvalue weighted by Crippen LogP contribution is 2.25. The van der Waals surface area contributed by atoms with Gasteiger partial charge in [-0.25, -0.2) is 0 Å². The Hall–Kier alpha value is -1.68. The summed E-state index contributed by atoms with van der Waals surface area (Å²) in [5.41, 5.74) is 3.55. The van der Waals surface area contributed by atoms with E-state index in [1.807, 2.05) is 6.07 Å². The van der Waals surface area contributed by atoms with E-state index in [1.54, 1.807) is 0 Å². The van der Waals surface area contributed by atoms with Gasteiger partial charge in [0.2, 0.25) is 5.91 Å². The highest BCUT2D eigenvalue weighted by atomic mass is 16.2. The molecule has 2 atom stereocenters. The van der Waals surface area contributed by atoms with Crippen LogP contribution in [0.4, 0.5) is 0 Å². The molecule has 2 unspecified atom stereocenters. The molecule has 1 aromatic carbocycles. The van der Waals surface area contributed by atoms with Crippen LogP contribution in [0, 0.1) is 25.7 Å². The molecule has 1 amide bonds. The fourth-order valence-corrected chi connectivity index (χ4v) is 4.28. The van der Waals surface area contributed by atoms with Crippen molar-refractivity contribution in [1.82, 2.24) is 5.32 Å². The molecule has 1 aromatic rings. The number of quaternary nitrogens is 1. The van der Waals surface area contributed by atoms with E-state index in [1.165, 1.54) is 16.7 Å². The first kappa shape index (κ1) is 21.6. The number of hydrogen-bond acceptors (Lipinski definition) is 2. The summed E-state index contributed by atoms with van der Waals surface area (Å²) >= 11 is 0. The molecule has 2 rings (SSSR count). The van der Waals surface area contributed by atoms with Crippen LogP contribution in [0.25, 0.3) is 0 Å². The largest absolute Gasteiger partial charge is 0.355 e. The van der Waals surface area contributed by atoms with Crippen molar-refractivity contribution in [1.29, 1.82) is 0 Å². The molecular weight excluding hydrogens is 336 g/mol. The van der Waals surface area contributed by atoms with Crippen LogP contribution in [0.15, 0.2) is 18.2 Å². The summed E-state index contributed by atoms with van der Waals surface area (Å²) in [5.74, 6) is 0.950. The van der Waals surface area contributed by atoms with Gasteiger partial charge in [0.15, 0.2) is 5.78 Å². The van der Waals surface area contributed by atoms with Crippen molar-refractivity contribution < 1.29 is 14.1 Å². The predicted octanol–water partition coefficient (Wildman–Crippen LogP) is 3.43. The topological polar surface area (TPSA) is 46.2 Å². The van der Waals surface area contributed by atoms with Crippen LogP contribution in [-0.4, -0.2) is 48.9 Å². The number of Topliss-reactive ketones (excluding diaryl/α,β-unsaturated/α-hetero) is 1. The van der Waals surface area contributed by atoms with E-state index >= 15 is 0 Å². The number of ketones is 1. The number of aryl methyl sites for hydroxylation is 2. The Balaban J connectivity index is 2.03. The zero-order chi connectivity index (χ0) is 20.0. The molecule has 0 bridgehead atoms. The molecular formula is C23H37N2O2+. The molecule has 0 saturated carbocycles. The number of carbonyl (C=O) groups is 2. The first-order valence-corrected chi connectivity index (χ1v) is 10.5. The van der Waals surface area contributed by atoms with Crippen molar-refractivity contribution in [3.8, 4) is 0 Å². The minimum absolute atomic E-state index is 0.0328. The maximum atomic E-state index is 12.9. The molecule has 1 aliphatic heterocycles. The second-order valence-electron chi connectivity index (χ2n) is 8.79. The van der Waals surface area contributed by atoms with Crippen molar-refractivity contribution in [3.05, 3.63) is 34.9 Å². The molecule has 0 aromatic heterocycles. The van der Waals surface area contributed by atoms with E-state index in [0.29, 0.717) is 18.9 Å². The Kier molecular flexibility index (Phi) is 7.60. The number of piperidine rings is 1. The van der Waals surface area contributed by atoms with Gasteiger partial charge in [-0.15, -0.1) is 0 Å². The normalized spacial score (nSPS) is 22.7. The Bertz CT molecular complexity index is 648. The summed E-state index contributed by atoms with van der Waals surface area (Å²) in [6.45, 7) is 14.5. The number of rotatable bonds is 8. The lowest BCUT2D eigenvalue weighted by Crippen LogP contribution is -2.58. The number of likely N-dealkylation sites (N-methyl/N-ethyl adjacent to an activating group) is 1. The molecule has 1 N–H and O–H groups in total. The van der Waals surface area contributed by atoms with Crippen LogP contribution in [-0.2, 0) is 16.0 Å². The molecule has 1 heterocycles.